The Balaban J connectivity index is 1.79. The van der Waals surface area contributed by atoms with Gasteiger partial charge in [0.2, 0.25) is 0 Å². The fourth-order valence-electron chi connectivity index (χ4n) is 2.35. The van der Waals surface area contributed by atoms with Gasteiger partial charge in [-0.15, -0.1) is 0 Å². The van der Waals surface area contributed by atoms with Gasteiger partial charge < -0.3 is 10.1 Å². The summed E-state index contributed by atoms with van der Waals surface area (Å²) >= 11 is 0. The van der Waals surface area contributed by atoms with Crippen LogP contribution in [0.1, 0.15) is 12.8 Å². The molecule has 0 unspecified atom stereocenters. The van der Waals surface area contributed by atoms with Crippen molar-refractivity contribution < 1.29 is 4.74 Å². The quantitative estimate of drug-likeness (QED) is 0.916. The second kappa shape index (κ2) is 5.88. The first-order valence-electron chi connectivity index (χ1n) is 6.83. The molecule has 1 fully saturated rings. The van der Waals surface area contributed by atoms with E-state index in [1.54, 1.807) is 29.2 Å². The molecule has 0 aromatic carbocycles. The van der Waals surface area contributed by atoms with Crippen molar-refractivity contribution in [3.05, 3.63) is 53.2 Å². The lowest BCUT2D eigenvalue weighted by Crippen LogP contribution is -2.34. The van der Waals surface area contributed by atoms with E-state index in [-0.39, 0.29) is 11.7 Å². The SMILES string of the molecule is O=c1cc(OC2CCNCC2)ccn1-c1cccnc1. The Morgan fingerprint density at radius 2 is 2.15 bits per heavy atom. The Kier molecular flexibility index (Phi) is 3.78. The molecule has 0 amide bonds. The van der Waals surface area contributed by atoms with Crippen LogP contribution in [0.3, 0.4) is 0 Å². The van der Waals surface area contributed by atoms with E-state index in [1.165, 1.54) is 6.07 Å². The molecule has 20 heavy (non-hydrogen) atoms. The molecule has 5 heteroatoms. The Morgan fingerprint density at radius 3 is 2.85 bits per heavy atom. The minimum absolute atomic E-state index is 0.107. The van der Waals surface area contributed by atoms with Crippen LogP contribution in [0, 0.1) is 0 Å². The zero-order chi connectivity index (χ0) is 13.8. The van der Waals surface area contributed by atoms with Crippen molar-refractivity contribution in [3.8, 4) is 11.4 Å². The number of ether oxygens (including phenoxy) is 1. The van der Waals surface area contributed by atoms with Gasteiger partial charge >= 0.3 is 0 Å². The minimum Gasteiger partial charge on any atom is -0.490 e. The molecule has 1 aliphatic rings. The van der Waals surface area contributed by atoms with Crippen molar-refractivity contribution in [2.45, 2.75) is 18.9 Å². The zero-order valence-corrected chi connectivity index (χ0v) is 11.2. The van der Waals surface area contributed by atoms with E-state index in [2.05, 4.69) is 10.3 Å². The second-order valence-electron chi connectivity index (χ2n) is 4.85. The molecule has 3 rings (SSSR count). The number of hydrogen-bond acceptors (Lipinski definition) is 4. The summed E-state index contributed by atoms with van der Waals surface area (Å²) in [6.07, 6.45) is 7.23. The van der Waals surface area contributed by atoms with Gasteiger partial charge in [-0.25, -0.2) is 0 Å². The standard InChI is InChI=1S/C15H17N3O2/c19-15-10-14(20-13-3-7-16-8-4-13)5-9-18(15)12-2-1-6-17-11-12/h1-2,5-6,9-11,13,16H,3-4,7-8H2. The Hall–Kier alpha value is -2.14. The fourth-order valence-corrected chi connectivity index (χ4v) is 2.35. The third kappa shape index (κ3) is 2.88. The van der Waals surface area contributed by atoms with Crippen LogP contribution in [-0.2, 0) is 0 Å². The summed E-state index contributed by atoms with van der Waals surface area (Å²) in [6.45, 7) is 1.94. The molecular formula is C15H17N3O2. The molecule has 0 saturated carbocycles. The highest BCUT2D eigenvalue weighted by Crippen LogP contribution is 2.15. The molecule has 0 radical (unpaired) electrons. The van der Waals surface area contributed by atoms with E-state index in [4.69, 9.17) is 4.74 Å². The van der Waals surface area contributed by atoms with Crippen LogP contribution in [0.25, 0.3) is 5.69 Å². The highest BCUT2D eigenvalue weighted by atomic mass is 16.5. The maximum absolute atomic E-state index is 12.1. The van der Waals surface area contributed by atoms with Gasteiger partial charge in [0.1, 0.15) is 11.9 Å². The van der Waals surface area contributed by atoms with Crippen LogP contribution >= 0.6 is 0 Å². The van der Waals surface area contributed by atoms with Crippen molar-refractivity contribution >= 4 is 0 Å². The fraction of sp³-hybridized carbons (Fsp3) is 0.333. The van der Waals surface area contributed by atoms with Gasteiger partial charge in [-0.3, -0.25) is 14.3 Å². The van der Waals surface area contributed by atoms with E-state index in [0.717, 1.165) is 31.6 Å². The number of hydrogen-bond donors (Lipinski definition) is 1. The number of piperidine rings is 1. The Labute approximate surface area is 117 Å². The van der Waals surface area contributed by atoms with Gasteiger partial charge in [0.05, 0.1) is 11.9 Å². The summed E-state index contributed by atoms with van der Waals surface area (Å²) in [4.78, 5) is 16.1. The highest BCUT2D eigenvalue weighted by Gasteiger charge is 2.14. The molecule has 0 bridgehead atoms. The van der Waals surface area contributed by atoms with E-state index in [9.17, 15) is 4.79 Å². The molecule has 2 aromatic heterocycles. The smallest absolute Gasteiger partial charge is 0.258 e. The lowest BCUT2D eigenvalue weighted by atomic mass is 10.1. The molecule has 2 aromatic rings. The second-order valence-corrected chi connectivity index (χ2v) is 4.85. The summed E-state index contributed by atoms with van der Waals surface area (Å²) in [5.74, 6) is 0.641. The van der Waals surface area contributed by atoms with Crippen LogP contribution < -0.4 is 15.6 Å². The molecule has 104 valence electrons. The molecule has 0 aliphatic carbocycles. The monoisotopic (exact) mass is 271 g/mol. The van der Waals surface area contributed by atoms with Crippen LogP contribution in [0.15, 0.2) is 47.7 Å². The van der Waals surface area contributed by atoms with Gasteiger partial charge in [-0.05, 0) is 44.1 Å². The zero-order valence-electron chi connectivity index (χ0n) is 11.2. The lowest BCUT2D eigenvalue weighted by Gasteiger charge is -2.23. The lowest BCUT2D eigenvalue weighted by molar-refractivity contribution is 0.162. The highest BCUT2D eigenvalue weighted by molar-refractivity contribution is 5.30. The van der Waals surface area contributed by atoms with Gasteiger partial charge in [0.15, 0.2) is 0 Å². The molecule has 5 nitrogen and oxygen atoms in total. The van der Waals surface area contributed by atoms with Crippen molar-refractivity contribution in [2.75, 3.05) is 13.1 Å². The maximum atomic E-state index is 12.1. The topological polar surface area (TPSA) is 56.1 Å². The maximum Gasteiger partial charge on any atom is 0.258 e. The van der Waals surface area contributed by atoms with Crippen molar-refractivity contribution in [1.29, 1.82) is 0 Å². The molecule has 3 heterocycles. The molecule has 1 saturated heterocycles. The molecule has 0 spiro atoms. The molecule has 1 N–H and O–H groups in total. The predicted octanol–water partition coefficient (Wildman–Crippen LogP) is 1.36. The summed E-state index contributed by atoms with van der Waals surface area (Å²) in [5.41, 5.74) is 0.648. The van der Waals surface area contributed by atoms with Gasteiger partial charge in [-0.1, -0.05) is 0 Å². The van der Waals surface area contributed by atoms with Crippen molar-refractivity contribution in [3.63, 3.8) is 0 Å². The first-order chi connectivity index (χ1) is 9.83. The number of pyridine rings is 2. The van der Waals surface area contributed by atoms with Crippen molar-refractivity contribution in [2.24, 2.45) is 0 Å². The first-order valence-corrected chi connectivity index (χ1v) is 6.83. The summed E-state index contributed by atoms with van der Waals surface area (Å²) < 4.78 is 7.42. The number of nitrogens with one attached hydrogen (secondary N) is 1. The summed E-state index contributed by atoms with van der Waals surface area (Å²) in [5, 5.41) is 3.29. The predicted molar refractivity (Wildman–Crippen MR) is 76.4 cm³/mol. The van der Waals surface area contributed by atoms with E-state index >= 15 is 0 Å². The minimum atomic E-state index is -0.107. The Bertz CT molecular complexity index is 619. The third-order valence-electron chi connectivity index (χ3n) is 3.40. The average Bonchev–Trinajstić information content (AvgIpc) is 2.49. The van der Waals surface area contributed by atoms with E-state index < -0.39 is 0 Å². The average molecular weight is 271 g/mol. The molecular weight excluding hydrogens is 254 g/mol. The van der Waals surface area contributed by atoms with Crippen LogP contribution in [-0.4, -0.2) is 28.7 Å². The number of aromatic nitrogens is 2. The Morgan fingerprint density at radius 1 is 1.30 bits per heavy atom. The van der Waals surface area contributed by atoms with Crippen LogP contribution in [0.5, 0.6) is 5.75 Å². The van der Waals surface area contributed by atoms with Crippen LogP contribution in [0.4, 0.5) is 0 Å². The van der Waals surface area contributed by atoms with Gasteiger partial charge in [0, 0.05) is 18.5 Å². The van der Waals surface area contributed by atoms with Gasteiger partial charge in [-0.2, -0.15) is 0 Å². The van der Waals surface area contributed by atoms with E-state index in [1.807, 2.05) is 12.1 Å². The first kappa shape index (κ1) is 12.9. The third-order valence-corrected chi connectivity index (χ3v) is 3.40. The largest absolute Gasteiger partial charge is 0.490 e. The summed E-state index contributed by atoms with van der Waals surface area (Å²) in [7, 11) is 0. The molecule has 0 atom stereocenters. The van der Waals surface area contributed by atoms with Crippen LogP contribution in [0.2, 0.25) is 0 Å². The number of nitrogens with zero attached hydrogens (tertiary/aromatic N) is 2. The number of rotatable bonds is 3. The van der Waals surface area contributed by atoms with Gasteiger partial charge in [0.25, 0.3) is 5.56 Å². The summed E-state index contributed by atoms with van der Waals surface area (Å²) in [6, 6.07) is 7.02. The normalized spacial score (nSPS) is 16.0. The van der Waals surface area contributed by atoms with Crippen molar-refractivity contribution in [1.82, 2.24) is 14.9 Å². The molecule has 1 aliphatic heterocycles. The van der Waals surface area contributed by atoms with E-state index in [0.29, 0.717) is 5.75 Å².